The summed E-state index contributed by atoms with van der Waals surface area (Å²) in [6.07, 6.45) is 3.27. The molecule has 1 rings (SSSR count). The van der Waals surface area contributed by atoms with Gasteiger partial charge in [-0.1, -0.05) is 20.3 Å². The van der Waals surface area contributed by atoms with Crippen LogP contribution >= 0.6 is 0 Å². The molecule has 0 aliphatic carbocycles. The van der Waals surface area contributed by atoms with Crippen molar-refractivity contribution < 1.29 is 4.79 Å². The maximum Gasteiger partial charge on any atom is 0.222 e. The van der Waals surface area contributed by atoms with E-state index >= 15 is 0 Å². The molecule has 0 aromatic heterocycles. The number of primary amides is 1. The van der Waals surface area contributed by atoms with Gasteiger partial charge < -0.3 is 11.1 Å². The Morgan fingerprint density at radius 1 is 1.62 bits per heavy atom. The fourth-order valence-electron chi connectivity index (χ4n) is 2.52. The van der Waals surface area contributed by atoms with E-state index in [1.165, 1.54) is 0 Å². The second kappa shape index (κ2) is 4.09. The lowest BCUT2D eigenvalue weighted by Gasteiger charge is -2.31. The van der Waals surface area contributed by atoms with Crippen molar-refractivity contribution in [2.45, 2.75) is 33.1 Å². The van der Waals surface area contributed by atoms with Gasteiger partial charge in [-0.2, -0.15) is 0 Å². The predicted molar refractivity (Wildman–Crippen MR) is 53.2 cm³/mol. The molecule has 3 heteroatoms. The molecular weight excluding hydrogens is 164 g/mol. The van der Waals surface area contributed by atoms with Gasteiger partial charge in [0.15, 0.2) is 0 Å². The molecule has 1 fully saturated rings. The Balaban J connectivity index is 2.76. The van der Waals surface area contributed by atoms with E-state index in [0.717, 1.165) is 32.4 Å². The lowest BCUT2D eigenvalue weighted by atomic mass is 9.72. The van der Waals surface area contributed by atoms with E-state index in [-0.39, 0.29) is 17.2 Å². The molecule has 0 saturated carbocycles. The molecule has 1 amide bonds. The molecule has 0 aromatic rings. The minimum absolute atomic E-state index is 0.0393. The number of hydrogen-bond donors (Lipinski definition) is 2. The average molecular weight is 184 g/mol. The van der Waals surface area contributed by atoms with Crippen molar-refractivity contribution in [3.63, 3.8) is 0 Å². The van der Waals surface area contributed by atoms with E-state index in [2.05, 4.69) is 19.2 Å². The third-order valence-corrected chi connectivity index (χ3v) is 3.36. The lowest BCUT2D eigenvalue weighted by molar-refractivity contribution is -0.124. The summed E-state index contributed by atoms with van der Waals surface area (Å²) in [4.78, 5) is 11.2. The van der Waals surface area contributed by atoms with Crippen LogP contribution in [0.4, 0.5) is 0 Å². The molecule has 0 aromatic carbocycles. The SMILES string of the molecule is CCCC1(CC)CNCC1C(N)=O. The van der Waals surface area contributed by atoms with Crippen LogP contribution in [0.3, 0.4) is 0 Å². The van der Waals surface area contributed by atoms with Crippen molar-refractivity contribution in [2.75, 3.05) is 13.1 Å². The molecule has 13 heavy (non-hydrogen) atoms. The van der Waals surface area contributed by atoms with Crippen LogP contribution in [0.25, 0.3) is 0 Å². The van der Waals surface area contributed by atoms with Gasteiger partial charge in [-0.3, -0.25) is 4.79 Å². The first-order valence-corrected chi connectivity index (χ1v) is 5.16. The van der Waals surface area contributed by atoms with Crippen molar-refractivity contribution in [3.05, 3.63) is 0 Å². The Kier molecular flexibility index (Phi) is 3.31. The first-order valence-electron chi connectivity index (χ1n) is 5.16. The number of carbonyl (C=O) groups excluding carboxylic acids is 1. The maximum absolute atomic E-state index is 11.2. The summed E-state index contributed by atoms with van der Waals surface area (Å²) in [7, 11) is 0. The summed E-state index contributed by atoms with van der Waals surface area (Å²) < 4.78 is 0. The monoisotopic (exact) mass is 184 g/mol. The summed E-state index contributed by atoms with van der Waals surface area (Å²) in [6, 6.07) is 0. The zero-order valence-corrected chi connectivity index (χ0v) is 8.60. The fraction of sp³-hybridized carbons (Fsp3) is 0.900. The minimum Gasteiger partial charge on any atom is -0.369 e. The molecule has 0 spiro atoms. The van der Waals surface area contributed by atoms with E-state index < -0.39 is 0 Å². The van der Waals surface area contributed by atoms with Crippen LogP contribution in [-0.2, 0) is 4.79 Å². The Labute approximate surface area is 80.1 Å². The molecule has 1 heterocycles. The number of nitrogens with one attached hydrogen (secondary N) is 1. The van der Waals surface area contributed by atoms with Crippen molar-refractivity contribution >= 4 is 5.91 Å². The summed E-state index contributed by atoms with van der Waals surface area (Å²) in [5.74, 6) is -0.0993. The number of hydrogen-bond acceptors (Lipinski definition) is 2. The molecular formula is C10H20N2O. The zero-order valence-electron chi connectivity index (χ0n) is 8.60. The summed E-state index contributed by atoms with van der Waals surface area (Å²) in [5.41, 5.74) is 5.54. The van der Waals surface area contributed by atoms with Crippen LogP contribution in [0.1, 0.15) is 33.1 Å². The Bertz CT molecular complexity index is 193. The third kappa shape index (κ3) is 1.85. The number of rotatable bonds is 4. The summed E-state index contributed by atoms with van der Waals surface area (Å²) in [5, 5.41) is 3.28. The largest absolute Gasteiger partial charge is 0.369 e. The van der Waals surface area contributed by atoms with E-state index in [1.807, 2.05) is 0 Å². The second-order valence-electron chi connectivity index (χ2n) is 4.05. The maximum atomic E-state index is 11.2. The Morgan fingerprint density at radius 3 is 2.77 bits per heavy atom. The molecule has 0 bridgehead atoms. The normalized spacial score (nSPS) is 33.5. The van der Waals surface area contributed by atoms with Gasteiger partial charge in [-0.15, -0.1) is 0 Å². The smallest absolute Gasteiger partial charge is 0.222 e. The van der Waals surface area contributed by atoms with Crippen molar-refractivity contribution in [3.8, 4) is 0 Å². The summed E-state index contributed by atoms with van der Waals surface area (Å²) in [6.45, 7) is 6.03. The predicted octanol–water partition coefficient (Wildman–Crippen LogP) is 0.888. The van der Waals surface area contributed by atoms with Crippen LogP contribution in [-0.4, -0.2) is 19.0 Å². The molecule has 2 atom stereocenters. The standard InChI is InChI=1S/C10H20N2O/c1-3-5-10(4-2)7-12-6-8(10)9(11)13/h8,12H,3-7H2,1-2H3,(H2,11,13). The molecule has 1 aliphatic heterocycles. The van der Waals surface area contributed by atoms with Gasteiger partial charge in [0.2, 0.25) is 5.91 Å². The van der Waals surface area contributed by atoms with E-state index in [4.69, 9.17) is 5.73 Å². The van der Waals surface area contributed by atoms with E-state index in [9.17, 15) is 4.79 Å². The Hall–Kier alpha value is -0.570. The summed E-state index contributed by atoms with van der Waals surface area (Å²) >= 11 is 0. The van der Waals surface area contributed by atoms with Gasteiger partial charge in [-0.05, 0) is 18.3 Å². The molecule has 76 valence electrons. The molecule has 1 saturated heterocycles. The first kappa shape index (κ1) is 10.5. The number of nitrogens with two attached hydrogens (primary N) is 1. The van der Waals surface area contributed by atoms with E-state index in [1.54, 1.807) is 0 Å². The van der Waals surface area contributed by atoms with Crippen LogP contribution in [0, 0.1) is 11.3 Å². The lowest BCUT2D eigenvalue weighted by Crippen LogP contribution is -2.38. The highest BCUT2D eigenvalue weighted by atomic mass is 16.1. The van der Waals surface area contributed by atoms with Gasteiger partial charge in [0.25, 0.3) is 0 Å². The van der Waals surface area contributed by atoms with Crippen LogP contribution in [0.15, 0.2) is 0 Å². The van der Waals surface area contributed by atoms with Gasteiger partial charge in [0, 0.05) is 13.1 Å². The van der Waals surface area contributed by atoms with Gasteiger partial charge >= 0.3 is 0 Å². The van der Waals surface area contributed by atoms with Crippen LogP contribution in [0.5, 0.6) is 0 Å². The molecule has 0 radical (unpaired) electrons. The van der Waals surface area contributed by atoms with Gasteiger partial charge in [-0.25, -0.2) is 0 Å². The highest BCUT2D eigenvalue weighted by molar-refractivity contribution is 5.78. The van der Waals surface area contributed by atoms with Crippen molar-refractivity contribution in [1.82, 2.24) is 5.32 Å². The second-order valence-corrected chi connectivity index (χ2v) is 4.05. The van der Waals surface area contributed by atoms with E-state index in [0.29, 0.717) is 0 Å². The Morgan fingerprint density at radius 2 is 2.31 bits per heavy atom. The van der Waals surface area contributed by atoms with Crippen LogP contribution in [0.2, 0.25) is 0 Å². The highest BCUT2D eigenvalue weighted by Crippen LogP contribution is 2.39. The quantitative estimate of drug-likeness (QED) is 0.681. The molecule has 3 nitrogen and oxygen atoms in total. The molecule has 2 unspecified atom stereocenters. The van der Waals surface area contributed by atoms with Gasteiger partial charge in [0.05, 0.1) is 5.92 Å². The molecule has 1 aliphatic rings. The minimum atomic E-state index is -0.139. The topological polar surface area (TPSA) is 55.1 Å². The average Bonchev–Trinajstić information content (AvgIpc) is 2.50. The fourth-order valence-corrected chi connectivity index (χ4v) is 2.52. The first-order chi connectivity index (χ1) is 6.16. The number of amides is 1. The van der Waals surface area contributed by atoms with Crippen molar-refractivity contribution in [2.24, 2.45) is 17.1 Å². The van der Waals surface area contributed by atoms with Crippen molar-refractivity contribution in [1.29, 1.82) is 0 Å². The number of carbonyl (C=O) groups is 1. The third-order valence-electron chi connectivity index (χ3n) is 3.36. The zero-order chi connectivity index (χ0) is 9.90. The van der Waals surface area contributed by atoms with Crippen LogP contribution < -0.4 is 11.1 Å². The van der Waals surface area contributed by atoms with Gasteiger partial charge in [0.1, 0.15) is 0 Å². The highest BCUT2D eigenvalue weighted by Gasteiger charge is 2.43. The molecule has 3 N–H and O–H groups in total.